The van der Waals surface area contributed by atoms with Crippen LogP contribution in [0.2, 0.25) is 0 Å². The van der Waals surface area contributed by atoms with Gasteiger partial charge in [0.1, 0.15) is 0 Å². The second-order valence-electron chi connectivity index (χ2n) is 4.16. The number of amidine groups is 1. The lowest BCUT2D eigenvalue weighted by atomic mass is 10.1. The van der Waals surface area contributed by atoms with Crippen LogP contribution in [0.4, 0.5) is 0 Å². The fourth-order valence-corrected chi connectivity index (χ4v) is 2.85. The molecule has 2 rings (SSSR count). The highest BCUT2D eigenvalue weighted by molar-refractivity contribution is 8.14. The molecule has 3 nitrogen and oxygen atoms in total. The number of aliphatic imine (C=N–C) groups is 1. The first kappa shape index (κ1) is 13.4. The third-order valence-corrected chi connectivity index (χ3v) is 3.81. The van der Waals surface area contributed by atoms with E-state index < -0.39 is 0 Å². The lowest BCUT2D eigenvalue weighted by Gasteiger charge is -2.09. The standard InChI is InChI=1S/C14H20N2OS/c1-2-17-10-6-9-15-14-16-13(11-18-14)12-7-4-3-5-8-12/h3-5,7-8,13H,2,6,9-11H2,1H3,(H,15,16). The van der Waals surface area contributed by atoms with Crippen LogP contribution in [0.25, 0.3) is 0 Å². The number of rotatable bonds is 6. The zero-order chi connectivity index (χ0) is 12.6. The normalized spacial score (nSPS) is 21.2. The van der Waals surface area contributed by atoms with Gasteiger partial charge in [-0.15, -0.1) is 0 Å². The van der Waals surface area contributed by atoms with Crippen LogP contribution in [0.1, 0.15) is 24.9 Å². The van der Waals surface area contributed by atoms with Gasteiger partial charge in [-0.25, -0.2) is 0 Å². The zero-order valence-corrected chi connectivity index (χ0v) is 11.6. The van der Waals surface area contributed by atoms with Crippen LogP contribution in [-0.2, 0) is 4.74 Å². The average molecular weight is 264 g/mol. The predicted molar refractivity (Wildman–Crippen MR) is 78.2 cm³/mol. The molecule has 1 heterocycles. The van der Waals surface area contributed by atoms with Crippen LogP contribution in [-0.4, -0.2) is 30.7 Å². The van der Waals surface area contributed by atoms with Crippen molar-refractivity contribution in [3.63, 3.8) is 0 Å². The van der Waals surface area contributed by atoms with Crippen molar-refractivity contribution in [1.29, 1.82) is 0 Å². The molecule has 1 N–H and O–H groups in total. The number of benzene rings is 1. The van der Waals surface area contributed by atoms with Gasteiger partial charge < -0.3 is 10.1 Å². The maximum absolute atomic E-state index is 5.29. The summed E-state index contributed by atoms with van der Waals surface area (Å²) in [5, 5.41) is 4.54. The summed E-state index contributed by atoms with van der Waals surface area (Å²) in [6, 6.07) is 10.9. The second kappa shape index (κ2) is 7.44. The van der Waals surface area contributed by atoms with Crippen molar-refractivity contribution >= 4 is 16.9 Å². The van der Waals surface area contributed by atoms with E-state index in [0.29, 0.717) is 6.04 Å². The summed E-state index contributed by atoms with van der Waals surface area (Å²) in [7, 11) is 0. The number of nitrogens with one attached hydrogen (secondary N) is 1. The van der Waals surface area contributed by atoms with Gasteiger partial charge in [-0.3, -0.25) is 4.99 Å². The van der Waals surface area contributed by atoms with Crippen molar-refractivity contribution in [2.75, 3.05) is 25.5 Å². The molecular weight excluding hydrogens is 244 g/mol. The largest absolute Gasteiger partial charge is 0.382 e. The predicted octanol–water partition coefficient (Wildman–Crippen LogP) is 2.85. The Labute approximate surface area is 113 Å². The van der Waals surface area contributed by atoms with E-state index in [4.69, 9.17) is 4.74 Å². The minimum Gasteiger partial charge on any atom is -0.382 e. The Morgan fingerprint density at radius 3 is 3.00 bits per heavy atom. The molecule has 1 atom stereocenters. The van der Waals surface area contributed by atoms with Gasteiger partial charge in [0.2, 0.25) is 0 Å². The maximum atomic E-state index is 5.29. The average Bonchev–Trinajstić information content (AvgIpc) is 2.88. The Hall–Kier alpha value is -1.00. The van der Waals surface area contributed by atoms with Gasteiger partial charge in [-0.05, 0) is 18.9 Å². The molecule has 4 heteroatoms. The fraction of sp³-hybridized carbons (Fsp3) is 0.500. The van der Waals surface area contributed by atoms with Crippen molar-refractivity contribution in [3.05, 3.63) is 35.9 Å². The first-order chi connectivity index (χ1) is 8.90. The Kier molecular flexibility index (Phi) is 5.55. The Morgan fingerprint density at radius 2 is 2.22 bits per heavy atom. The Balaban J connectivity index is 1.76. The summed E-state index contributed by atoms with van der Waals surface area (Å²) in [6.07, 6.45) is 0.996. The van der Waals surface area contributed by atoms with E-state index in [0.717, 1.165) is 37.1 Å². The van der Waals surface area contributed by atoms with E-state index in [1.807, 2.05) is 24.8 Å². The minimum absolute atomic E-state index is 0.404. The molecule has 1 fully saturated rings. The SMILES string of the molecule is CCOCCCN=C1NC(c2ccccc2)CS1. The molecule has 1 aliphatic heterocycles. The monoisotopic (exact) mass is 264 g/mol. The topological polar surface area (TPSA) is 33.6 Å². The van der Waals surface area contributed by atoms with E-state index in [-0.39, 0.29) is 0 Å². The van der Waals surface area contributed by atoms with Gasteiger partial charge in [0.15, 0.2) is 5.17 Å². The molecule has 1 aliphatic rings. The van der Waals surface area contributed by atoms with Crippen LogP contribution in [0, 0.1) is 0 Å². The molecule has 0 aromatic heterocycles. The van der Waals surface area contributed by atoms with Gasteiger partial charge in [0, 0.05) is 25.5 Å². The molecule has 1 saturated heterocycles. The van der Waals surface area contributed by atoms with Crippen LogP contribution in [0.15, 0.2) is 35.3 Å². The van der Waals surface area contributed by atoms with Crippen LogP contribution in [0.5, 0.6) is 0 Å². The highest BCUT2D eigenvalue weighted by atomic mass is 32.2. The van der Waals surface area contributed by atoms with Crippen LogP contribution < -0.4 is 5.32 Å². The lowest BCUT2D eigenvalue weighted by Crippen LogP contribution is -2.19. The molecular formula is C14H20N2OS. The van der Waals surface area contributed by atoms with Gasteiger partial charge in [-0.2, -0.15) is 0 Å². The first-order valence-electron chi connectivity index (χ1n) is 6.46. The van der Waals surface area contributed by atoms with Crippen molar-refractivity contribution in [2.45, 2.75) is 19.4 Å². The maximum Gasteiger partial charge on any atom is 0.157 e. The van der Waals surface area contributed by atoms with E-state index in [1.165, 1.54) is 5.56 Å². The second-order valence-corrected chi connectivity index (χ2v) is 5.16. The number of nitrogens with zero attached hydrogens (tertiary/aromatic N) is 1. The summed E-state index contributed by atoms with van der Waals surface area (Å²) < 4.78 is 5.29. The third kappa shape index (κ3) is 4.03. The first-order valence-corrected chi connectivity index (χ1v) is 7.45. The summed E-state index contributed by atoms with van der Waals surface area (Å²) >= 11 is 1.81. The summed E-state index contributed by atoms with van der Waals surface area (Å²) in [5.41, 5.74) is 1.34. The molecule has 0 spiro atoms. The van der Waals surface area contributed by atoms with Gasteiger partial charge in [0.25, 0.3) is 0 Å². The molecule has 0 amide bonds. The third-order valence-electron chi connectivity index (χ3n) is 2.79. The molecule has 0 aliphatic carbocycles. The lowest BCUT2D eigenvalue weighted by molar-refractivity contribution is 0.146. The van der Waals surface area contributed by atoms with Crippen molar-refractivity contribution in [1.82, 2.24) is 5.32 Å². The zero-order valence-electron chi connectivity index (χ0n) is 10.8. The molecule has 1 unspecified atom stereocenters. The molecule has 98 valence electrons. The van der Waals surface area contributed by atoms with E-state index in [9.17, 15) is 0 Å². The molecule has 0 bridgehead atoms. The van der Waals surface area contributed by atoms with Crippen LogP contribution >= 0.6 is 11.8 Å². The summed E-state index contributed by atoms with van der Waals surface area (Å²) in [6.45, 7) is 4.46. The molecule has 1 aromatic rings. The van der Waals surface area contributed by atoms with Crippen molar-refractivity contribution in [3.8, 4) is 0 Å². The van der Waals surface area contributed by atoms with Crippen molar-refractivity contribution in [2.24, 2.45) is 4.99 Å². The number of thioether (sulfide) groups is 1. The highest BCUT2D eigenvalue weighted by Gasteiger charge is 2.20. The number of hydrogen-bond donors (Lipinski definition) is 1. The molecule has 0 saturated carbocycles. The summed E-state index contributed by atoms with van der Waals surface area (Å²) in [4.78, 5) is 4.56. The fourth-order valence-electron chi connectivity index (χ4n) is 1.84. The smallest absolute Gasteiger partial charge is 0.157 e. The van der Waals surface area contributed by atoms with Crippen molar-refractivity contribution < 1.29 is 4.74 Å². The molecule has 0 radical (unpaired) electrons. The van der Waals surface area contributed by atoms with E-state index >= 15 is 0 Å². The van der Waals surface area contributed by atoms with Crippen LogP contribution in [0.3, 0.4) is 0 Å². The van der Waals surface area contributed by atoms with E-state index in [1.54, 1.807) is 0 Å². The number of hydrogen-bond acceptors (Lipinski definition) is 3. The quantitative estimate of drug-likeness (QED) is 0.802. The number of ether oxygens (including phenoxy) is 1. The summed E-state index contributed by atoms with van der Waals surface area (Å²) in [5.74, 6) is 1.06. The highest BCUT2D eigenvalue weighted by Crippen LogP contribution is 2.25. The van der Waals surface area contributed by atoms with Gasteiger partial charge in [0.05, 0.1) is 6.04 Å². The molecule has 18 heavy (non-hydrogen) atoms. The molecule has 1 aromatic carbocycles. The van der Waals surface area contributed by atoms with E-state index in [2.05, 4.69) is 34.6 Å². The van der Waals surface area contributed by atoms with Gasteiger partial charge in [-0.1, -0.05) is 42.1 Å². The minimum atomic E-state index is 0.404. The Morgan fingerprint density at radius 1 is 1.39 bits per heavy atom. The Bertz CT molecular complexity index is 381. The van der Waals surface area contributed by atoms with Gasteiger partial charge >= 0.3 is 0 Å².